The first-order valence-electron chi connectivity index (χ1n) is 15.7. The van der Waals surface area contributed by atoms with Gasteiger partial charge < -0.3 is 19.9 Å². The molecule has 2 bridgehead atoms. The number of ketones is 1. The van der Waals surface area contributed by atoms with E-state index < -0.39 is 23.4 Å². The zero-order valence-corrected chi connectivity index (χ0v) is 27.5. The van der Waals surface area contributed by atoms with Gasteiger partial charge in [-0.2, -0.15) is 5.26 Å². The number of hydrogen-bond acceptors (Lipinski definition) is 5. The molecule has 2 aliphatic carbocycles. The lowest BCUT2D eigenvalue weighted by Crippen LogP contribution is -2.43. The molecule has 2 saturated heterocycles. The Morgan fingerprint density at radius 1 is 1.23 bits per heavy atom. The van der Waals surface area contributed by atoms with Crippen molar-refractivity contribution in [1.29, 1.82) is 5.26 Å². The van der Waals surface area contributed by atoms with Crippen molar-refractivity contribution in [2.75, 3.05) is 6.54 Å². The molecule has 2 aromatic heterocycles. The Kier molecular flexibility index (Phi) is 7.49. The summed E-state index contributed by atoms with van der Waals surface area (Å²) in [5.74, 6) is -1.16. The molecular weight excluding hydrogens is 644 g/mol. The highest BCUT2D eigenvalue weighted by atomic mass is 35.5. The summed E-state index contributed by atoms with van der Waals surface area (Å²) in [5.41, 5.74) is 1.81. The van der Waals surface area contributed by atoms with Crippen LogP contribution in [0.15, 0.2) is 30.3 Å². The number of nitrogens with one attached hydrogen (secondary N) is 1. The summed E-state index contributed by atoms with van der Waals surface area (Å²) in [4.78, 5) is 44.6. The van der Waals surface area contributed by atoms with Crippen LogP contribution in [0.3, 0.4) is 0 Å². The maximum atomic E-state index is 17.1. The van der Waals surface area contributed by atoms with E-state index in [2.05, 4.69) is 16.4 Å². The van der Waals surface area contributed by atoms with Crippen molar-refractivity contribution in [2.45, 2.75) is 71.0 Å². The molecule has 1 unspecified atom stereocenters. The molecule has 4 aliphatic rings. The molecule has 2 aromatic carbocycles. The van der Waals surface area contributed by atoms with Gasteiger partial charge in [0.05, 0.1) is 39.8 Å². The maximum Gasteiger partial charge on any atom is 0.407 e. The zero-order chi connectivity index (χ0) is 33.5. The van der Waals surface area contributed by atoms with Crippen LogP contribution in [0.1, 0.15) is 80.3 Å². The third-order valence-corrected chi connectivity index (χ3v) is 11.1. The first-order chi connectivity index (χ1) is 22.4. The zero-order valence-electron chi connectivity index (χ0n) is 26.0. The number of carboxylic acid groups (broad SMARTS) is 1. The van der Waals surface area contributed by atoms with Crippen LogP contribution >= 0.6 is 23.2 Å². The number of aryl methyl sites for hydroxylation is 1. The molecule has 4 atom stereocenters. The number of pyridine rings is 1. The highest BCUT2D eigenvalue weighted by Gasteiger charge is 2.56. The Morgan fingerprint density at radius 2 is 1.98 bits per heavy atom. The van der Waals surface area contributed by atoms with Crippen molar-refractivity contribution in [3.63, 3.8) is 0 Å². The smallest absolute Gasteiger partial charge is 0.407 e. The summed E-state index contributed by atoms with van der Waals surface area (Å²) >= 11 is 12.9. The van der Waals surface area contributed by atoms with E-state index in [1.165, 1.54) is 11.8 Å². The van der Waals surface area contributed by atoms with Crippen LogP contribution in [0.2, 0.25) is 10.0 Å². The minimum atomic E-state index is -1.01. The SMILES string of the molecule is CC(=O)c1nc2c(F)c(-c3cccc(Cl)c3Cl)c(CCC#N)cc2c2c1cc(C(C)NC(=O)C1(C)CC1)n2[C@H]1[C@@H]2C[C@H]1N(C(=O)O)C2. The molecule has 2 aliphatic heterocycles. The number of fused-ring (bicyclic) bond motifs is 4. The topological polar surface area (TPSA) is 128 Å². The van der Waals surface area contributed by atoms with E-state index >= 15 is 4.39 Å². The van der Waals surface area contributed by atoms with E-state index in [4.69, 9.17) is 23.2 Å². The molecule has 8 rings (SSSR count). The van der Waals surface area contributed by atoms with E-state index in [0.29, 0.717) is 46.1 Å². The van der Waals surface area contributed by atoms with Crippen LogP contribution < -0.4 is 5.32 Å². The number of amides is 2. The molecule has 2 N–H and O–H groups in total. The summed E-state index contributed by atoms with van der Waals surface area (Å²) in [7, 11) is 0. The van der Waals surface area contributed by atoms with Gasteiger partial charge >= 0.3 is 6.09 Å². The van der Waals surface area contributed by atoms with Crippen molar-refractivity contribution in [1.82, 2.24) is 19.8 Å². The Hall–Kier alpha value is -4.20. The van der Waals surface area contributed by atoms with E-state index in [1.807, 2.05) is 24.5 Å². The van der Waals surface area contributed by atoms with Gasteiger partial charge in [-0.1, -0.05) is 42.3 Å². The van der Waals surface area contributed by atoms with Gasteiger partial charge in [0.15, 0.2) is 11.6 Å². The predicted molar refractivity (Wildman–Crippen MR) is 176 cm³/mol. The minimum Gasteiger partial charge on any atom is -0.465 e. The Bertz CT molecular complexity index is 2080. The second-order valence-electron chi connectivity index (χ2n) is 13.3. The normalized spacial score (nSPS) is 21.4. The summed E-state index contributed by atoms with van der Waals surface area (Å²) in [6, 6.07) is 9.54. The van der Waals surface area contributed by atoms with E-state index in [0.717, 1.165) is 12.8 Å². The molecule has 0 spiro atoms. The van der Waals surface area contributed by atoms with Gasteiger partial charge in [0.1, 0.15) is 11.2 Å². The van der Waals surface area contributed by atoms with E-state index in [-0.39, 0.29) is 69.4 Å². The monoisotopic (exact) mass is 675 g/mol. The van der Waals surface area contributed by atoms with Crippen molar-refractivity contribution >= 4 is 62.8 Å². The van der Waals surface area contributed by atoms with Gasteiger partial charge in [-0.15, -0.1) is 0 Å². The molecule has 4 aromatic rings. The van der Waals surface area contributed by atoms with Crippen LogP contribution in [0.5, 0.6) is 0 Å². The predicted octanol–water partition coefficient (Wildman–Crippen LogP) is 7.86. The number of Topliss-reactive ketones (excluding diaryl/α,β-unsaturated/α-hetero) is 1. The van der Waals surface area contributed by atoms with Gasteiger partial charge in [-0.3, -0.25) is 9.59 Å². The van der Waals surface area contributed by atoms with Crippen molar-refractivity contribution in [2.24, 2.45) is 11.3 Å². The number of nitrogens with zero attached hydrogens (tertiary/aromatic N) is 4. The molecule has 242 valence electrons. The number of benzene rings is 2. The molecule has 12 heteroatoms. The second kappa shape index (κ2) is 11.2. The van der Waals surface area contributed by atoms with Crippen LogP contribution in [-0.2, 0) is 11.2 Å². The first-order valence-corrected chi connectivity index (χ1v) is 16.4. The van der Waals surface area contributed by atoms with Crippen LogP contribution in [-0.4, -0.2) is 49.9 Å². The van der Waals surface area contributed by atoms with Crippen molar-refractivity contribution < 1.29 is 23.9 Å². The molecule has 2 amide bonds. The molecule has 47 heavy (non-hydrogen) atoms. The highest BCUT2D eigenvalue weighted by Crippen LogP contribution is 2.53. The summed E-state index contributed by atoms with van der Waals surface area (Å²) in [6.07, 6.45) is 1.56. The fraction of sp³-hybridized carbons (Fsp3) is 0.400. The number of nitriles is 1. The molecule has 9 nitrogen and oxygen atoms in total. The number of halogens is 3. The van der Waals surface area contributed by atoms with Crippen molar-refractivity contribution in [3.8, 4) is 17.2 Å². The quantitative estimate of drug-likeness (QED) is 0.183. The van der Waals surface area contributed by atoms with Gasteiger partial charge in [0.2, 0.25) is 5.91 Å². The van der Waals surface area contributed by atoms with E-state index in [1.54, 1.807) is 24.3 Å². The summed E-state index contributed by atoms with van der Waals surface area (Å²) in [5, 5.41) is 23.9. The number of carbonyl (C=O) groups excluding carboxylic acids is 2. The average Bonchev–Trinajstić information content (AvgIpc) is 3.33. The van der Waals surface area contributed by atoms with Crippen LogP contribution in [0.25, 0.3) is 32.9 Å². The fourth-order valence-corrected chi connectivity index (χ4v) is 7.90. The molecule has 4 heterocycles. The first kappa shape index (κ1) is 31.4. The van der Waals surface area contributed by atoms with Gasteiger partial charge in [0.25, 0.3) is 0 Å². The lowest BCUT2D eigenvalue weighted by Gasteiger charge is -2.39. The molecule has 4 fully saturated rings. The highest BCUT2D eigenvalue weighted by molar-refractivity contribution is 6.43. The van der Waals surface area contributed by atoms with E-state index in [9.17, 15) is 24.8 Å². The Morgan fingerprint density at radius 3 is 2.62 bits per heavy atom. The molecule has 2 saturated carbocycles. The Labute approximate surface area is 280 Å². The minimum absolute atomic E-state index is 0.00857. The summed E-state index contributed by atoms with van der Waals surface area (Å²) in [6.45, 7) is 5.51. The van der Waals surface area contributed by atoms with Crippen LogP contribution in [0, 0.1) is 28.5 Å². The third-order valence-electron chi connectivity index (χ3n) is 10.3. The molecule has 0 radical (unpaired) electrons. The number of carbonyl (C=O) groups is 3. The lowest BCUT2D eigenvalue weighted by atomic mass is 9.79. The average molecular weight is 677 g/mol. The third kappa shape index (κ3) is 4.85. The summed E-state index contributed by atoms with van der Waals surface area (Å²) < 4.78 is 19.1. The fourth-order valence-electron chi connectivity index (χ4n) is 7.51. The number of aromatic nitrogens is 2. The standard InChI is InChI=1S/C35H32Cl2FN5O4/c1-16(40-33(45)35(3)9-10-35)24-14-22-29(17(2)44)41-30-21(32(22)43(24)31-19-13-25(31)42(15-19)34(46)47)12-18(6-5-11-39)26(28(30)38)20-7-4-8-23(36)27(20)37/h4,7-8,12,14,16,19,25,31H,5-6,9-10,13,15H2,1-3H3,(H,40,45)(H,46,47)/t16?,19-,25-,31+/m1/s1. The largest absolute Gasteiger partial charge is 0.465 e. The maximum absolute atomic E-state index is 17.1. The Balaban J connectivity index is 1.55. The van der Waals surface area contributed by atoms with Gasteiger partial charge in [-0.25, -0.2) is 14.2 Å². The second-order valence-corrected chi connectivity index (χ2v) is 14.1. The van der Waals surface area contributed by atoms with Gasteiger partial charge in [-0.05, 0) is 56.4 Å². The number of rotatable bonds is 8. The van der Waals surface area contributed by atoms with Gasteiger partial charge in [0, 0.05) is 58.8 Å². The number of hydrogen-bond donors (Lipinski definition) is 2. The van der Waals surface area contributed by atoms with Crippen molar-refractivity contribution in [3.05, 3.63) is 63.1 Å². The lowest BCUT2D eigenvalue weighted by molar-refractivity contribution is -0.126. The van der Waals surface area contributed by atoms with Crippen LogP contribution in [0.4, 0.5) is 9.18 Å². The molecular formula is C35H32Cl2FN5O4.